The van der Waals surface area contributed by atoms with E-state index < -0.39 is 10.0 Å². The first-order valence-electron chi connectivity index (χ1n) is 6.07. The third-order valence-corrected chi connectivity index (χ3v) is 4.74. The molecule has 0 amide bonds. The van der Waals surface area contributed by atoms with E-state index in [-0.39, 0.29) is 14.9 Å². The molecule has 0 bridgehead atoms. The van der Waals surface area contributed by atoms with E-state index in [9.17, 15) is 8.42 Å². The summed E-state index contributed by atoms with van der Waals surface area (Å²) >= 11 is 11.9. The normalized spacial score (nSPS) is 11.4. The van der Waals surface area contributed by atoms with Crippen LogP contribution in [0.5, 0.6) is 5.75 Å². The number of halogens is 2. The number of benzene rings is 2. The number of nitrogens with two attached hydrogens (primary N) is 1. The van der Waals surface area contributed by atoms with Crippen molar-refractivity contribution in [3.8, 4) is 5.75 Å². The summed E-state index contributed by atoms with van der Waals surface area (Å²) < 4.78 is 28.2. The fraction of sp³-hybridized carbons (Fsp3) is 0.143. The van der Waals surface area contributed by atoms with Crippen molar-refractivity contribution in [2.24, 2.45) is 5.14 Å². The number of hydrogen-bond donors (Lipinski definition) is 1. The molecule has 0 aliphatic heterocycles. The molecule has 0 radical (unpaired) electrons. The van der Waals surface area contributed by atoms with Gasteiger partial charge in [0.25, 0.3) is 0 Å². The molecule has 0 aromatic heterocycles. The van der Waals surface area contributed by atoms with E-state index >= 15 is 0 Å². The number of sulfonamides is 1. The Morgan fingerprint density at radius 3 is 2.29 bits per heavy atom. The van der Waals surface area contributed by atoms with Crippen LogP contribution in [0.15, 0.2) is 47.4 Å². The van der Waals surface area contributed by atoms with E-state index in [1.54, 1.807) is 0 Å². The maximum Gasteiger partial charge on any atom is 0.239 e. The van der Waals surface area contributed by atoms with Crippen molar-refractivity contribution in [1.29, 1.82) is 0 Å². The summed E-state index contributed by atoms with van der Waals surface area (Å²) in [6.45, 7) is 0.398. The van der Waals surface area contributed by atoms with Crippen LogP contribution in [0, 0.1) is 0 Å². The molecule has 2 aromatic rings. The van der Waals surface area contributed by atoms with Crippen LogP contribution in [-0.2, 0) is 16.4 Å². The molecule has 0 heterocycles. The SMILES string of the molecule is NS(=O)(=O)c1ccc(OCCc2ccccc2)c(Cl)c1Cl. The molecular formula is C14H13Cl2NO3S. The summed E-state index contributed by atoms with van der Waals surface area (Å²) in [5.74, 6) is 0.324. The first-order valence-corrected chi connectivity index (χ1v) is 8.37. The predicted octanol–water partition coefficient (Wildman–Crippen LogP) is 3.26. The second kappa shape index (κ2) is 6.66. The lowest BCUT2D eigenvalue weighted by atomic mass is 10.2. The van der Waals surface area contributed by atoms with Gasteiger partial charge in [-0.25, -0.2) is 13.6 Å². The lowest BCUT2D eigenvalue weighted by Gasteiger charge is -2.11. The minimum Gasteiger partial charge on any atom is -0.492 e. The van der Waals surface area contributed by atoms with E-state index in [4.69, 9.17) is 33.1 Å². The van der Waals surface area contributed by atoms with E-state index in [0.29, 0.717) is 18.8 Å². The van der Waals surface area contributed by atoms with E-state index in [2.05, 4.69) is 0 Å². The second-order valence-electron chi connectivity index (χ2n) is 4.32. The molecule has 2 rings (SSSR count). The van der Waals surface area contributed by atoms with Crippen LogP contribution in [0.3, 0.4) is 0 Å². The van der Waals surface area contributed by atoms with Gasteiger partial charge in [-0.15, -0.1) is 0 Å². The highest BCUT2D eigenvalue weighted by Gasteiger charge is 2.18. The molecule has 0 aliphatic rings. The summed E-state index contributed by atoms with van der Waals surface area (Å²) in [6, 6.07) is 12.5. The third kappa shape index (κ3) is 4.11. The van der Waals surface area contributed by atoms with Gasteiger partial charge in [-0.2, -0.15) is 0 Å². The van der Waals surface area contributed by atoms with Crippen molar-refractivity contribution >= 4 is 33.2 Å². The molecule has 0 fully saturated rings. The zero-order chi connectivity index (χ0) is 15.5. The van der Waals surface area contributed by atoms with Crippen LogP contribution in [0.2, 0.25) is 10.0 Å². The molecular weight excluding hydrogens is 333 g/mol. The topological polar surface area (TPSA) is 69.4 Å². The average Bonchev–Trinajstić information content (AvgIpc) is 2.43. The van der Waals surface area contributed by atoms with Crippen LogP contribution in [-0.4, -0.2) is 15.0 Å². The van der Waals surface area contributed by atoms with Gasteiger partial charge in [-0.1, -0.05) is 53.5 Å². The van der Waals surface area contributed by atoms with E-state index in [0.717, 1.165) is 5.56 Å². The lowest BCUT2D eigenvalue weighted by molar-refractivity contribution is 0.322. The smallest absolute Gasteiger partial charge is 0.239 e. The first kappa shape index (κ1) is 16.1. The lowest BCUT2D eigenvalue weighted by Crippen LogP contribution is -2.13. The number of hydrogen-bond acceptors (Lipinski definition) is 3. The molecule has 0 aliphatic carbocycles. The number of primary sulfonamides is 1. The van der Waals surface area contributed by atoms with Crippen LogP contribution < -0.4 is 9.88 Å². The van der Waals surface area contributed by atoms with Gasteiger partial charge in [0.15, 0.2) is 0 Å². The monoisotopic (exact) mass is 345 g/mol. The largest absolute Gasteiger partial charge is 0.492 e. The second-order valence-corrected chi connectivity index (χ2v) is 6.60. The van der Waals surface area contributed by atoms with Gasteiger partial charge in [0, 0.05) is 6.42 Å². The van der Waals surface area contributed by atoms with Crippen LogP contribution >= 0.6 is 23.2 Å². The van der Waals surface area contributed by atoms with Gasteiger partial charge in [0.05, 0.1) is 11.6 Å². The van der Waals surface area contributed by atoms with Gasteiger partial charge in [-0.3, -0.25) is 0 Å². The maximum absolute atomic E-state index is 11.3. The first-order chi connectivity index (χ1) is 9.89. The number of rotatable bonds is 5. The van der Waals surface area contributed by atoms with Crippen LogP contribution in [0.25, 0.3) is 0 Å². The van der Waals surface area contributed by atoms with Crippen LogP contribution in [0.4, 0.5) is 0 Å². The summed E-state index contributed by atoms with van der Waals surface area (Å²) in [5, 5.41) is 4.95. The molecule has 0 spiro atoms. The quantitative estimate of drug-likeness (QED) is 0.903. The Bertz CT molecular complexity index is 733. The van der Waals surface area contributed by atoms with Crippen molar-refractivity contribution in [3.05, 3.63) is 58.1 Å². The minimum atomic E-state index is -3.91. The molecule has 112 valence electrons. The summed E-state index contributed by atoms with van der Waals surface area (Å²) in [5.41, 5.74) is 1.13. The van der Waals surface area contributed by atoms with E-state index in [1.165, 1.54) is 12.1 Å². The van der Waals surface area contributed by atoms with Crippen molar-refractivity contribution in [2.75, 3.05) is 6.61 Å². The summed E-state index contributed by atoms with van der Waals surface area (Å²) in [6.07, 6.45) is 0.700. The molecule has 0 saturated carbocycles. The Hall–Kier alpha value is -1.27. The van der Waals surface area contributed by atoms with Gasteiger partial charge >= 0.3 is 0 Å². The maximum atomic E-state index is 11.3. The van der Waals surface area contributed by atoms with Crippen molar-refractivity contribution < 1.29 is 13.2 Å². The minimum absolute atomic E-state index is 0.0382. The molecule has 0 unspecified atom stereocenters. The fourth-order valence-electron chi connectivity index (χ4n) is 1.77. The molecule has 7 heteroatoms. The van der Waals surface area contributed by atoms with Gasteiger partial charge < -0.3 is 4.74 Å². The van der Waals surface area contributed by atoms with Gasteiger partial charge in [-0.05, 0) is 17.7 Å². The average molecular weight is 346 g/mol. The fourth-order valence-corrected chi connectivity index (χ4v) is 3.13. The molecule has 0 saturated heterocycles. The molecule has 0 atom stereocenters. The van der Waals surface area contributed by atoms with Crippen molar-refractivity contribution in [2.45, 2.75) is 11.3 Å². The Balaban J connectivity index is 2.10. The van der Waals surface area contributed by atoms with Gasteiger partial charge in [0.2, 0.25) is 10.0 Å². The zero-order valence-electron chi connectivity index (χ0n) is 10.9. The molecule has 21 heavy (non-hydrogen) atoms. The van der Waals surface area contributed by atoms with Crippen molar-refractivity contribution in [1.82, 2.24) is 0 Å². The Kier molecular flexibility index (Phi) is 5.11. The third-order valence-electron chi connectivity index (χ3n) is 2.81. The van der Waals surface area contributed by atoms with Gasteiger partial charge in [0.1, 0.15) is 15.7 Å². The van der Waals surface area contributed by atoms with Crippen molar-refractivity contribution in [3.63, 3.8) is 0 Å². The summed E-state index contributed by atoms with van der Waals surface area (Å²) in [4.78, 5) is -0.218. The molecule has 2 aromatic carbocycles. The number of ether oxygens (including phenoxy) is 1. The predicted molar refractivity (Wildman–Crippen MR) is 83.5 cm³/mol. The molecule has 2 N–H and O–H groups in total. The zero-order valence-corrected chi connectivity index (χ0v) is 13.3. The van der Waals surface area contributed by atoms with E-state index in [1.807, 2.05) is 30.3 Å². The Morgan fingerprint density at radius 1 is 1.00 bits per heavy atom. The molecule has 4 nitrogen and oxygen atoms in total. The summed E-state index contributed by atoms with van der Waals surface area (Å²) in [7, 11) is -3.91. The van der Waals surface area contributed by atoms with Crippen LogP contribution in [0.1, 0.15) is 5.56 Å². The standard InChI is InChI=1S/C14H13Cl2NO3S/c15-13-11(6-7-12(14(13)16)21(17,18)19)20-9-8-10-4-2-1-3-5-10/h1-7H,8-9H2,(H2,17,18,19). The Morgan fingerprint density at radius 2 is 1.67 bits per heavy atom. The Labute approximate surface area is 133 Å². The highest BCUT2D eigenvalue weighted by Crippen LogP contribution is 2.36. The highest BCUT2D eigenvalue weighted by molar-refractivity contribution is 7.89. The highest BCUT2D eigenvalue weighted by atomic mass is 35.5.